The average molecular weight is 234 g/mol. The molecular formula is C14H19FN2. The van der Waals surface area contributed by atoms with Crippen molar-refractivity contribution in [2.24, 2.45) is 5.92 Å². The predicted molar refractivity (Wildman–Crippen MR) is 67.6 cm³/mol. The molecule has 1 N–H and O–H groups in total. The molecule has 1 aliphatic carbocycles. The van der Waals surface area contributed by atoms with Crippen LogP contribution in [0.1, 0.15) is 19.3 Å². The van der Waals surface area contributed by atoms with Gasteiger partial charge in [0.25, 0.3) is 0 Å². The molecule has 0 radical (unpaired) electrons. The minimum Gasteiger partial charge on any atom is -0.384 e. The molecule has 92 valence electrons. The summed E-state index contributed by atoms with van der Waals surface area (Å²) in [5, 5.41) is 3.35. The van der Waals surface area contributed by atoms with Crippen LogP contribution in [0.3, 0.4) is 0 Å². The molecule has 1 saturated carbocycles. The van der Waals surface area contributed by atoms with Crippen molar-refractivity contribution in [1.82, 2.24) is 4.90 Å². The van der Waals surface area contributed by atoms with E-state index in [4.69, 9.17) is 0 Å². The largest absolute Gasteiger partial charge is 0.384 e. The Hall–Kier alpha value is -1.09. The molecule has 2 fully saturated rings. The van der Waals surface area contributed by atoms with Gasteiger partial charge in [-0.3, -0.25) is 4.90 Å². The first-order chi connectivity index (χ1) is 8.31. The summed E-state index contributed by atoms with van der Waals surface area (Å²) in [5.74, 6) is 0.790. The second-order valence-corrected chi connectivity index (χ2v) is 5.26. The van der Waals surface area contributed by atoms with Crippen molar-refractivity contribution >= 4 is 5.69 Å². The van der Waals surface area contributed by atoms with Gasteiger partial charge >= 0.3 is 0 Å². The topological polar surface area (TPSA) is 15.3 Å². The molecule has 2 aliphatic rings. The Morgan fingerprint density at radius 2 is 2.06 bits per heavy atom. The van der Waals surface area contributed by atoms with Crippen molar-refractivity contribution in [1.29, 1.82) is 0 Å². The smallest absolute Gasteiger partial charge is 0.123 e. The van der Waals surface area contributed by atoms with E-state index in [-0.39, 0.29) is 5.82 Å². The van der Waals surface area contributed by atoms with Crippen LogP contribution < -0.4 is 5.32 Å². The highest BCUT2D eigenvalue weighted by molar-refractivity contribution is 5.42. The molecule has 2 unspecified atom stereocenters. The number of rotatable bonds is 4. The van der Waals surface area contributed by atoms with E-state index in [1.54, 1.807) is 12.1 Å². The first kappa shape index (κ1) is 11.0. The number of hydrogen-bond acceptors (Lipinski definition) is 2. The van der Waals surface area contributed by atoms with Crippen LogP contribution in [0.2, 0.25) is 0 Å². The summed E-state index contributed by atoms with van der Waals surface area (Å²) < 4.78 is 12.7. The second kappa shape index (κ2) is 4.65. The summed E-state index contributed by atoms with van der Waals surface area (Å²) in [5.41, 5.74) is 1.01. The first-order valence-corrected chi connectivity index (χ1v) is 6.55. The van der Waals surface area contributed by atoms with Gasteiger partial charge in [0.05, 0.1) is 0 Å². The average Bonchev–Trinajstić information content (AvgIpc) is 2.94. The van der Waals surface area contributed by atoms with E-state index in [1.165, 1.54) is 37.9 Å². The number of hydrogen-bond donors (Lipinski definition) is 1. The van der Waals surface area contributed by atoms with Gasteiger partial charge < -0.3 is 5.32 Å². The number of likely N-dealkylation sites (tertiary alicyclic amines) is 1. The van der Waals surface area contributed by atoms with E-state index in [0.29, 0.717) is 0 Å². The lowest BCUT2D eigenvalue weighted by molar-refractivity contribution is 0.221. The Labute approximate surface area is 102 Å². The molecular weight excluding hydrogens is 215 g/mol. The Morgan fingerprint density at radius 1 is 1.24 bits per heavy atom. The van der Waals surface area contributed by atoms with Gasteiger partial charge in [-0.05, 0) is 49.4 Å². The van der Waals surface area contributed by atoms with Crippen LogP contribution in [-0.2, 0) is 0 Å². The molecule has 0 aromatic heterocycles. The SMILES string of the molecule is Fc1ccc(NCCN2CC3CCC2C3)cc1. The lowest BCUT2D eigenvalue weighted by atomic mass is 10.1. The molecule has 2 nitrogen and oxygen atoms in total. The van der Waals surface area contributed by atoms with Gasteiger partial charge in [0.2, 0.25) is 0 Å². The van der Waals surface area contributed by atoms with E-state index in [2.05, 4.69) is 10.2 Å². The summed E-state index contributed by atoms with van der Waals surface area (Å²) in [4.78, 5) is 2.60. The summed E-state index contributed by atoms with van der Waals surface area (Å²) in [6, 6.07) is 7.44. The molecule has 3 heteroatoms. The van der Waals surface area contributed by atoms with Crippen molar-refractivity contribution in [3.63, 3.8) is 0 Å². The highest BCUT2D eigenvalue weighted by Gasteiger charge is 2.36. The quantitative estimate of drug-likeness (QED) is 0.861. The van der Waals surface area contributed by atoms with Crippen LogP contribution in [-0.4, -0.2) is 30.6 Å². The summed E-state index contributed by atoms with van der Waals surface area (Å²) in [6.45, 7) is 3.35. The highest BCUT2D eigenvalue weighted by atomic mass is 19.1. The van der Waals surface area contributed by atoms with E-state index >= 15 is 0 Å². The normalized spacial score (nSPS) is 27.6. The molecule has 1 heterocycles. The molecule has 3 rings (SSSR count). The van der Waals surface area contributed by atoms with Gasteiger partial charge in [0, 0.05) is 31.4 Å². The van der Waals surface area contributed by atoms with Gasteiger partial charge in [0.15, 0.2) is 0 Å². The van der Waals surface area contributed by atoms with E-state index in [9.17, 15) is 4.39 Å². The monoisotopic (exact) mass is 234 g/mol. The molecule has 2 atom stereocenters. The molecule has 0 amide bonds. The lowest BCUT2D eigenvalue weighted by Crippen LogP contribution is -2.35. The van der Waals surface area contributed by atoms with Crippen LogP contribution in [0.4, 0.5) is 10.1 Å². The van der Waals surface area contributed by atoms with Crippen LogP contribution in [0.5, 0.6) is 0 Å². The maximum absolute atomic E-state index is 12.7. The molecule has 0 spiro atoms. The minimum atomic E-state index is -0.174. The minimum absolute atomic E-state index is 0.174. The van der Waals surface area contributed by atoms with Gasteiger partial charge in [-0.1, -0.05) is 0 Å². The van der Waals surface area contributed by atoms with E-state index in [0.717, 1.165) is 30.7 Å². The number of benzene rings is 1. The summed E-state index contributed by atoms with van der Waals surface area (Å²) in [7, 11) is 0. The zero-order valence-corrected chi connectivity index (χ0v) is 10.0. The Balaban J connectivity index is 1.45. The number of halogens is 1. The number of nitrogens with zero attached hydrogens (tertiary/aromatic N) is 1. The predicted octanol–water partition coefficient (Wildman–Crippen LogP) is 2.72. The fourth-order valence-corrected chi connectivity index (χ4v) is 3.21. The van der Waals surface area contributed by atoms with Crippen LogP contribution >= 0.6 is 0 Å². The lowest BCUT2D eigenvalue weighted by Gasteiger charge is -2.26. The van der Waals surface area contributed by atoms with Crippen LogP contribution in [0, 0.1) is 11.7 Å². The maximum atomic E-state index is 12.7. The van der Waals surface area contributed by atoms with Crippen LogP contribution in [0.15, 0.2) is 24.3 Å². The van der Waals surface area contributed by atoms with Crippen molar-refractivity contribution in [3.05, 3.63) is 30.1 Å². The molecule has 1 aromatic carbocycles. The van der Waals surface area contributed by atoms with Crippen molar-refractivity contribution in [2.75, 3.05) is 25.0 Å². The van der Waals surface area contributed by atoms with E-state index < -0.39 is 0 Å². The fraction of sp³-hybridized carbons (Fsp3) is 0.571. The van der Waals surface area contributed by atoms with Gasteiger partial charge in [-0.2, -0.15) is 0 Å². The second-order valence-electron chi connectivity index (χ2n) is 5.26. The fourth-order valence-electron chi connectivity index (χ4n) is 3.21. The number of piperidine rings is 1. The molecule has 2 bridgehead atoms. The third-order valence-electron chi connectivity index (χ3n) is 4.10. The summed E-state index contributed by atoms with van der Waals surface area (Å²) in [6.07, 6.45) is 4.24. The molecule has 1 saturated heterocycles. The van der Waals surface area contributed by atoms with Gasteiger partial charge in [-0.25, -0.2) is 4.39 Å². The third-order valence-corrected chi connectivity index (χ3v) is 4.10. The van der Waals surface area contributed by atoms with Crippen molar-refractivity contribution < 1.29 is 4.39 Å². The van der Waals surface area contributed by atoms with E-state index in [1.807, 2.05) is 0 Å². The number of fused-ring (bicyclic) bond motifs is 2. The Kier molecular flexibility index (Phi) is 3.02. The number of nitrogens with one attached hydrogen (secondary N) is 1. The number of anilines is 1. The highest BCUT2D eigenvalue weighted by Crippen LogP contribution is 2.36. The molecule has 1 aliphatic heterocycles. The molecule has 17 heavy (non-hydrogen) atoms. The van der Waals surface area contributed by atoms with Gasteiger partial charge in [-0.15, -0.1) is 0 Å². The Morgan fingerprint density at radius 3 is 2.71 bits per heavy atom. The zero-order chi connectivity index (χ0) is 11.7. The molecule has 1 aromatic rings. The van der Waals surface area contributed by atoms with Crippen LogP contribution in [0.25, 0.3) is 0 Å². The summed E-state index contributed by atoms with van der Waals surface area (Å²) >= 11 is 0. The van der Waals surface area contributed by atoms with Gasteiger partial charge in [0.1, 0.15) is 5.82 Å². The third kappa shape index (κ3) is 2.44. The zero-order valence-electron chi connectivity index (χ0n) is 10.0. The first-order valence-electron chi connectivity index (χ1n) is 6.55. The maximum Gasteiger partial charge on any atom is 0.123 e. The van der Waals surface area contributed by atoms with Crippen molar-refractivity contribution in [3.8, 4) is 0 Å². The Bertz CT molecular complexity index is 376. The van der Waals surface area contributed by atoms with Crippen molar-refractivity contribution in [2.45, 2.75) is 25.3 Å². The standard InChI is InChI=1S/C14H19FN2/c15-12-2-4-13(5-3-12)16-7-8-17-10-11-1-6-14(17)9-11/h2-5,11,14,16H,1,6-10H2.